The van der Waals surface area contributed by atoms with Crippen LogP contribution in [0.15, 0.2) is 16.7 Å². The van der Waals surface area contributed by atoms with Gasteiger partial charge in [0.1, 0.15) is 0 Å². The first-order valence-corrected chi connectivity index (χ1v) is 8.30. The van der Waals surface area contributed by atoms with Crippen LogP contribution in [0.3, 0.4) is 0 Å². The molecule has 3 rings (SSSR count). The maximum absolute atomic E-state index is 12.8. The number of rotatable bonds is 4. The zero-order chi connectivity index (χ0) is 16.4. The van der Waals surface area contributed by atoms with Gasteiger partial charge in [0.15, 0.2) is 5.82 Å². The van der Waals surface area contributed by atoms with Crippen molar-refractivity contribution in [3.05, 3.63) is 33.6 Å². The lowest BCUT2D eigenvalue weighted by molar-refractivity contribution is -0.119. The van der Waals surface area contributed by atoms with Crippen molar-refractivity contribution in [2.45, 2.75) is 39.3 Å². The lowest BCUT2D eigenvalue weighted by atomic mass is 10.2. The number of aryl methyl sites for hydroxylation is 1. The standard InChI is InChI=1S/C15H18N4O3S/c1-9(20)16-8-11-5-6-13(23-11)15(21)19-7-3-4-12(19)14-17-10(2)22-18-14/h5-6,12H,3-4,7-8H2,1-2H3,(H,16,20). The van der Waals surface area contributed by atoms with E-state index in [0.29, 0.717) is 29.7 Å². The topological polar surface area (TPSA) is 88.3 Å². The van der Waals surface area contributed by atoms with Crippen LogP contribution in [-0.4, -0.2) is 33.4 Å². The fourth-order valence-corrected chi connectivity index (χ4v) is 3.57. The summed E-state index contributed by atoms with van der Waals surface area (Å²) in [5, 5.41) is 6.69. The van der Waals surface area contributed by atoms with Gasteiger partial charge < -0.3 is 14.7 Å². The number of thiophene rings is 1. The normalized spacial score (nSPS) is 17.5. The first kappa shape index (κ1) is 15.7. The second kappa shape index (κ2) is 6.49. The smallest absolute Gasteiger partial charge is 0.264 e. The van der Waals surface area contributed by atoms with E-state index in [9.17, 15) is 9.59 Å². The van der Waals surface area contributed by atoms with E-state index in [0.717, 1.165) is 17.7 Å². The van der Waals surface area contributed by atoms with Gasteiger partial charge >= 0.3 is 0 Å². The number of likely N-dealkylation sites (tertiary alicyclic amines) is 1. The van der Waals surface area contributed by atoms with Crippen LogP contribution in [0.4, 0.5) is 0 Å². The quantitative estimate of drug-likeness (QED) is 0.924. The molecule has 2 amide bonds. The summed E-state index contributed by atoms with van der Waals surface area (Å²) in [6, 6.07) is 3.55. The highest BCUT2D eigenvalue weighted by atomic mass is 32.1. The Morgan fingerprint density at radius 2 is 2.30 bits per heavy atom. The van der Waals surface area contributed by atoms with Crippen molar-refractivity contribution in [1.82, 2.24) is 20.4 Å². The second-order valence-electron chi connectivity index (χ2n) is 5.50. The van der Waals surface area contributed by atoms with E-state index in [-0.39, 0.29) is 17.9 Å². The van der Waals surface area contributed by atoms with Crippen LogP contribution in [0.25, 0.3) is 0 Å². The van der Waals surface area contributed by atoms with Crippen LogP contribution in [0, 0.1) is 6.92 Å². The van der Waals surface area contributed by atoms with Crippen molar-refractivity contribution in [2.75, 3.05) is 6.54 Å². The second-order valence-corrected chi connectivity index (χ2v) is 6.67. The summed E-state index contributed by atoms with van der Waals surface area (Å²) in [6.45, 7) is 4.35. The zero-order valence-electron chi connectivity index (χ0n) is 13.0. The van der Waals surface area contributed by atoms with Gasteiger partial charge in [0.05, 0.1) is 17.5 Å². The largest absolute Gasteiger partial charge is 0.351 e. The molecular formula is C15H18N4O3S. The molecule has 122 valence electrons. The van der Waals surface area contributed by atoms with Gasteiger partial charge in [-0.25, -0.2) is 0 Å². The summed E-state index contributed by atoms with van der Waals surface area (Å²) in [7, 11) is 0. The third-order valence-electron chi connectivity index (χ3n) is 3.74. The molecule has 8 heteroatoms. The number of hydrogen-bond acceptors (Lipinski definition) is 6. The number of nitrogens with one attached hydrogen (secondary N) is 1. The minimum Gasteiger partial charge on any atom is -0.351 e. The molecule has 2 aromatic rings. The van der Waals surface area contributed by atoms with Crippen molar-refractivity contribution in [1.29, 1.82) is 0 Å². The van der Waals surface area contributed by atoms with Crippen LogP contribution >= 0.6 is 11.3 Å². The molecule has 3 heterocycles. The monoisotopic (exact) mass is 334 g/mol. The highest BCUT2D eigenvalue weighted by Gasteiger charge is 2.34. The average Bonchev–Trinajstić information content (AvgIpc) is 3.24. The van der Waals surface area contributed by atoms with Crippen LogP contribution in [0.2, 0.25) is 0 Å². The van der Waals surface area contributed by atoms with Crippen molar-refractivity contribution < 1.29 is 14.1 Å². The number of hydrogen-bond donors (Lipinski definition) is 1. The first-order valence-electron chi connectivity index (χ1n) is 7.49. The lowest BCUT2D eigenvalue weighted by Crippen LogP contribution is -2.30. The molecule has 23 heavy (non-hydrogen) atoms. The third kappa shape index (κ3) is 3.42. The number of nitrogens with zero attached hydrogens (tertiary/aromatic N) is 3. The number of carbonyl (C=O) groups excluding carboxylic acids is 2. The molecule has 1 atom stereocenters. The molecule has 0 saturated carbocycles. The Balaban J connectivity index is 1.73. The summed E-state index contributed by atoms with van der Waals surface area (Å²) >= 11 is 1.40. The Hall–Kier alpha value is -2.22. The Morgan fingerprint density at radius 1 is 1.48 bits per heavy atom. The summed E-state index contributed by atoms with van der Waals surface area (Å²) in [5.41, 5.74) is 0. The predicted molar refractivity (Wildman–Crippen MR) is 83.9 cm³/mol. The average molecular weight is 334 g/mol. The Morgan fingerprint density at radius 3 is 3.00 bits per heavy atom. The van der Waals surface area contributed by atoms with Crippen LogP contribution in [-0.2, 0) is 11.3 Å². The molecule has 0 radical (unpaired) electrons. The molecule has 0 aromatic carbocycles. The third-order valence-corrected chi connectivity index (χ3v) is 4.81. The van der Waals surface area contributed by atoms with Gasteiger partial charge in [-0.05, 0) is 25.0 Å². The molecule has 1 saturated heterocycles. The van der Waals surface area contributed by atoms with E-state index < -0.39 is 0 Å². The Kier molecular flexibility index (Phi) is 4.42. The predicted octanol–water partition coefficient (Wildman–Crippen LogP) is 2.05. The van der Waals surface area contributed by atoms with Crippen LogP contribution in [0.5, 0.6) is 0 Å². The molecule has 2 aromatic heterocycles. The van der Waals surface area contributed by atoms with Gasteiger partial charge in [-0.15, -0.1) is 11.3 Å². The fraction of sp³-hybridized carbons (Fsp3) is 0.467. The number of carbonyl (C=O) groups is 2. The van der Waals surface area contributed by atoms with Crippen molar-refractivity contribution >= 4 is 23.2 Å². The maximum Gasteiger partial charge on any atom is 0.264 e. The summed E-state index contributed by atoms with van der Waals surface area (Å²) < 4.78 is 5.03. The Labute approximate surface area is 137 Å². The number of amides is 2. The van der Waals surface area contributed by atoms with Crippen molar-refractivity contribution in [3.8, 4) is 0 Å². The van der Waals surface area contributed by atoms with Gasteiger partial charge in [-0.1, -0.05) is 5.16 Å². The zero-order valence-corrected chi connectivity index (χ0v) is 13.9. The van der Waals surface area contributed by atoms with Gasteiger partial charge in [0.2, 0.25) is 11.8 Å². The molecule has 0 aliphatic carbocycles. The van der Waals surface area contributed by atoms with E-state index in [1.54, 1.807) is 17.9 Å². The van der Waals surface area contributed by atoms with Gasteiger partial charge in [0.25, 0.3) is 5.91 Å². The molecule has 1 aliphatic rings. The molecule has 0 spiro atoms. The molecule has 1 unspecified atom stereocenters. The molecule has 1 N–H and O–H groups in total. The molecule has 1 aliphatic heterocycles. The molecular weight excluding hydrogens is 316 g/mol. The summed E-state index contributed by atoms with van der Waals surface area (Å²) in [4.78, 5) is 31.4. The highest BCUT2D eigenvalue weighted by Crippen LogP contribution is 2.32. The lowest BCUT2D eigenvalue weighted by Gasteiger charge is -2.21. The molecule has 0 bridgehead atoms. The molecule has 1 fully saturated rings. The van der Waals surface area contributed by atoms with Crippen LogP contribution in [0.1, 0.15) is 52.1 Å². The van der Waals surface area contributed by atoms with E-state index in [4.69, 9.17) is 4.52 Å². The summed E-state index contributed by atoms with van der Waals surface area (Å²) in [6.07, 6.45) is 1.77. The van der Waals surface area contributed by atoms with E-state index in [2.05, 4.69) is 15.5 Å². The molecule has 7 nitrogen and oxygen atoms in total. The van der Waals surface area contributed by atoms with Gasteiger partial charge in [-0.2, -0.15) is 4.98 Å². The minimum atomic E-state index is -0.124. The van der Waals surface area contributed by atoms with Gasteiger partial charge in [-0.3, -0.25) is 9.59 Å². The summed E-state index contributed by atoms with van der Waals surface area (Å²) in [5.74, 6) is 0.976. The van der Waals surface area contributed by atoms with Crippen molar-refractivity contribution in [3.63, 3.8) is 0 Å². The van der Waals surface area contributed by atoms with E-state index in [1.807, 2.05) is 6.07 Å². The van der Waals surface area contributed by atoms with Gasteiger partial charge in [0, 0.05) is 25.3 Å². The fourth-order valence-electron chi connectivity index (χ4n) is 2.67. The highest BCUT2D eigenvalue weighted by molar-refractivity contribution is 7.14. The van der Waals surface area contributed by atoms with E-state index in [1.165, 1.54) is 18.3 Å². The van der Waals surface area contributed by atoms with E-state index >= 15 is 0 Å². The number of aromatic nitrogens is 2. The first-order chi connectivity index (χ1) is 11.0. The maximum atomic E-state index is 12.8. The SMILES string of the molecule is CC(=O)NCc1ccc(C(=O)N2CCCC2c2noc(C)n2)s1. The van der Waals surface area contributed by atoms with Crippen LogP contribution < -0.4 is 5.32 Å². The minimum absolute atomic E-state index is 0.0194. The van der Waals surface area contributed by atoms with Crippen molar-refractivity contribution in [2.24, 2.45) is 0 Å². The Bertz CT molecular complexity index is 724.